The van der Waals surface area contributed by atoms with Crippen LogP contribution in [0.25, 0.3) is 0 Å². The largest absolute Gasteiger partial charge is 0.491 e. The first-order valence-electron chi connectivity index (χ1n) is 10.9. The maximum atomic E-state index is 12.7. The molecule has 0 radical (unpaired) electrons. The first-order chi connectivity index (χ1) is 14.8. The Kier molecular flexibility index (Phi) is 8.13. The Morgan fingerprint density at radius 1 is 1.16 bits per heavy atom. The van der Waals surface area contributed by atoms with Gasteiger partial charge in [0.2, 0.25) is 5.91 Å². The fraction of sp³-hybridized carbons (Fsp3) is 0.522. The predicted molar refractivity (Wildman–Crippen MR) is 124 cm³/mol. The molecule has 31 heavy (non-hydrogen) atoms. The monoisotopic (exact) mass is 464 g/mol. The van der Waals surface area contributed by atoms with Gasteiger partial charge in [0.15, 0.2) is 0 Å². The highest BCUT2D eigenvalue weighted by atomic mass is 32.2. The second kappa shape index (κ2) is 10.6. The second-order valence-corrected chi connectivity index (χ2v) is 11.5. The number of ether oxygens (including phenoxy) is 1. The van der Waals surface area contributed by atoms with Gasteiger partial charge in [-0.25, -0.2) is 8.42 Å². The van der Waals surface area contributed by atoms with Crippen LogP contribution in [0.4, 0.5) is 0 Å². The number of hydrogen-bond donors (Lipinski definition) is 1. The van der Waals surface area contributed by atoms with Crippen LogP contribution in [0.5, 0.6) is 5.75 Å². The minimum atomic E-state index is -3.43. The summed E-state index contributed by atoms with van der Waals surface area (Å²) in [7, 11) is -3.43. The van der Waals surface area contributed by atoms with Gasteiger partial charge in [-0.15, -0.1) is 11.3 Å². The van der Waals surface area contributed by atoms with Crippen LogP contribution in [-0.2, 0) is 21.2 Å². The number of nitrogens with one attached hydrogen (secondary N) is 1. The molecule has 1 saturated heterocycles. The van der Waals surface area contributed by atoms with Crippen LogP contribution in [0.2, 0.25) is 0 Å². The Morgan fingerprint density at radius 3 is 2.42 bits per heavy atom. The molecule has 2 heterocycles. The number of aryl methyl sites for hydroxylation is 1. The zero-order valence-corrected chi connectivity index (χ0v) is 20.0. The van der Waals surface area contributed by atoms with Gasteiger partial charge in [-0.2, -0.15) is 4.31 Å². The van der Waals surface area contributed by atoms with Gasteiger partial charge in [-0.1, -0.05) is 18.2 Å². The molecule has 0 saturated carbocycles. The number of nitrogens with zero attached hydrogens (tertiary/aromatic N) is 1. The van der Waals surface area contributed by atoms with Crippen LogP contribution in [0.1, 0.15) is 45.6 Å². The Morgan fingerprint density at radius 2 is 1.84 bits per heavy atom. The van der Waals surface area contributed by atoms with Crippen molar-refractivity contribution in [2.75, 3.05) is 13.1 Å². The van der Waals surface area contributed by atoms with Gasteiger partial charge in [-0.3, -0.25) is 4.79 Å². The van der Waals surface area contributed by atoms with Gasteiger partial charge in [0.25, 0.3) is 10.0 Å². The number of hydrogen-bond acceptors (Lipinski definition) is 5. The summed E-state index contributed by atoms with van der Waals surface area (Å²) in [4.78, 5) is 12.7. The normalized spacial score (nSPS) is 16.9. The SMILES string of the molecule is CC(CCc1ccc(OC(C)C)cc1)NC(=O)C1CCN(S(=O)(=O)c2cccs2)CC1. The molecular weight excluding hydrogens is 432 g/mol. The lowest BCUT2D eigenvalue weighted by molar-refractivity contribution is -0.126. The smallest absolute Gasteiger partial charge is 0.252 e. The number of carbonyl (C=O) groups is 1. The topological polar surface area (TPSA) is 75.7 Å². The average molecular weight is 465 g/mol. The zero-order valence-electron chi connectivity index (χ0n) is 18.4. The molecule has 0 spiro atoms. The lowest BCUT2D eigenvalue weighted by atomic mass is 9.96. The van der Waals surface area contributed by atoms with Gasteiger partial charge in [0.05, 0.1) is 6.10 Å². The molecule has 0 bridgehead atoms. The maximum absolute atomic E-state index is 12.7. The number of amides is 1. The molecular formula is C23H32N2O4S2. The Hall–Kier alpha value is -1.90. The van der Waals surface area contributed by atoms with E-state index in [0.717, 1.165) is 18.6 Å². The minimum Gasteiger partial charge on any atom is -0.491 e. The van der Waals surface area contributed by atoms with E-state index in [0.29, 0.717) is 30.1 Å². The van der Waals surface area contributed by atoms with Gasteiger partial charge >= 0.3 is 0 Å². The van der Waals surface area contributed by atoms with E-state index in [2.05, 4.69) is 17.4 Å². The summed E-state index contributed by atoms with van der Waals surface area (Å²) in [6.45, 7) is 6.80. The van der Waals surface area contributed by atoms with Crippen molar-refractivity contribution in [2.24, 2.45) is 5.92 Å². The van der Waals surface area contributed by atoms with E-state index in [-0.39, 0.29) is 24.0 Å². The van der Waals surface area contributed by atoms with Crippen molar-refractivity contribution in [1.82, 2.24) is 9.62 Å². The van der Waals surface area contributed by atoms with Crippen molar-refractivity contribution in [3.05, 3.63) is 47.3 Å². The van der Waals surface area contributed by atoms with Gasteiger partial charge in [-0.05, 0) is 75.6 Å². The van der Waals surface area contributed by atoms with Crippen LogP contribution in [0.15, 0.2) is 46.0 Å². The van der Waals surface area contributed by atoms with E-state index >= 15 is 0 Å². The van der Waals surface area contributed by atoms with Crippen molar-refractivity contribution in [1.29, 1.82) is 0 Å². The number of thiophene rings is 1. The number of benzene rings is 1. The van der Waals surface area contributed by atoms with Crippen molar-refractivity contribution >= 4 is 27.3 Å². The molecule has 6 nitrogen and oxygen atoms in total. The quantitative estimate of drug-likeness (QED) is 0.607. The Balaban J connectivity index is 1.42. The molecule has 2 aromatic rings. The minimum absolute atomic E-state index is 0.0290. The summed E-state index contributed by atoms with van der Waals surface area (Å²) < 4.78 is 32.8. The van der Waals surface area contributed by atoms with Crippen LogP contribution >= 0.6 is 11.3 Å². The van der Waals surface area contributed by atoms with E-state index in [4.69, 9.17) is 4.74 Å². The average Bonchev–Trinajstić information content (AvgIpc) is 3.29. The van der Waals surface area contributed by atoms with E-state index < -0.39 is 10.0 Å². The summed E-state index contributed by atoms with van der Waals surface area (Å²) in [6, 6.07) is 11.5. The van der Waals surface area contributed by atoms with Crippen molar-refractivity contribution in [3.63, 3.8) is 0 Å². The maximum Gasteiger partial charge on any atom is 0.252 e. The summed E-state index contributed by atoms with van der Waals surface area (Å²) in [5.41, 5.74) is 1.21. The zero-order chi connectivity index (χ0) is 22.4. The first kappa shape index (κ1) is 23.8. The van der Waals surface area contributed by atoms with Crippen LogP contribution in [0, 0.1) is 5.92 Å². The first-order valence-corrected chi connectivity index (χ1v) is 13.2. The molecule has 1 aliphatic heterocycles. The van der Waals surface area contributed by atoms with Crippen molar-refractivity contribution in [2.45, 2.75) is 62.8 Å². The third-order valence-electron chi connectivity index (χ3n) is 5.46. The number of rotatable bonds is 9. The molecule has 1 N–H and O–H groups in total. The molecule has 1 aromatic heterocycles. The Bertz CT molecular complexity index is 932. The number of sulfonamides is 1. The number of carbonyl (C=O) groups excluding carboxylic acids is 1. The predicted octanol–water partition coefficient (Wildman–Crippen LogP) is 4.07. The van der Waals surface area contributed by atoms with Crippen LogP contribution in [0.3, 0.4) is 0 Å². The summed E-state index contributed by atoms with van der Waals surface area (Å²) >= 11 is 1.23. The molecule has 1 atom stereocenters. The number of piperidine rings is 1. The van der Waals surface area contributed by atoms with Crippen LogP contribution < -0.4 is 10.1 Å². The summed E-state index contributed by atoms with van der Waals surface area (Å²) in [6.07, 6.45) is 2.99. The summed E-state index contributed by atoms with van der Waals surface area (Å²) in [5.74, 6) is 0.763. The van der Waals surface area contributed by atoms with Crippen LogP contribution in [-0.4, -0.2) is 43.9 Å². The molecule has 0 aliphatic carbocycles. The fourth-order valence-corrected chi connectivity index (χ4v) is 6.33. The summed E-state index contributed by atoms with van der Waals surface area (Å²) in [5, 5.41) is 4.88. The fourth-order valence-electron chi connectivity index (χ4n) is 3.72. The standard InChI is InChI=1S/C23H32N2O4S2/c1-17(2)29-21-10-8-19(9-11-21)7-6-18(3)24-23(26)20-12-14-25(15-13-20)31(27,28)22-5-4-16-30-22/h4-5,8-11,16-18,20H,6-7,12-15H2,1-3H3,(H,24,26). The lowest BCUT2D eigenvalue weighted by Crippen LogP contribution is -2.44. The molecule has 1 fully saturated rings. The second-order valence-electron chi connectivity index (χ2n) is 8.37. The molecule has 1 aliphatic rings. The molecule has 8 heteroatoms. The third kappa shape index (κ3) is 6.54. The molecule has 3 rings (SSSR count). The van der Waals surface area contributed by atoms with Gasteiger partial charge in [0, 0.05) is 25.0 Å². The highest BCUT2D eigenvalue weighted by molar-refractivity contribution is 7.91. The molecule has 1 aromatic carbocycles. The van der Waals surface area contributed by atoms with E-state index in [1.54, 1.807) is 17.5 Å². The van der Waals surface area contributed by atoms with Gasteiger partial charge in [0.1, 0.15) is 9.96 Å². The molecule has 1 amide bonds. The van der Waals surface area contributed by atoms with E-state index in [1.807, 2.05) is 32.9 Å². The highest BCUT2D eigenvalue weighted by Crippen LogP contribution is 2.26. The highest BCUT2D eigenvalue weighted by Gasteiger charge is 2.32. The third-order valence-corrected chi connectivity index (χ3v) is 8.74. The van der Waals surface area contributed by atoms with E-state index in [9.17, 15) is 13.2 Å². The van der Waals surface area contributed by atoms with E-state index in [1.165, 1.54) is 21.2 Å². The molecule has 170 valence electrons. The van der Waals surface area contributed by atoms with Gasteiger partial charge < -0.3 is 10.1 Å². The van der Waals surface area contributed by atoms with Crippen molar-refractivity contribution < 1.29 is 17.9 Å². The lowest BCUT2D eigenvalue weighted by Gasteiger charge is -2.30. The molecule has 1 unspecified atom stereocenters. The Labute approximate surface area is 189 Å². The van der Waals surface area contributed by atoms with Crippen molar-refractivity contribution in [3.8, 4) is 5.75 Å².